The van der Waals surface area contributed by atoms with E-state index in [2.05, 4.69) is 5.32 Å². The van der Waals surface area contributed by atoms with Crippen LogP contribution in [-0.4, -0.2) is 15.5 Å². The van der Waals surface area contributed by atoms with E-state index in [1.807, 2.05) is 18.2 Å². The van der Waals surface area contributed by atoms with Crippen LogP contribution in [0.15, 0.2) is 60.8 Å². The summed E-state index contributed by atoms with van der Waals surface area (Å²) in [7, 11) is 0. The van der Waals surface area contributed by atoms with Gasteiger partial charge >= 0.3 is 6.03 Å². The van der Waals surface area contributed by atoms with E-state index in [1.165, 1.54) is 16.7 Å². The quantitative estimate of drug-likeness (QED) is 0.575. The maximum atomic E-state index is 12.2. The van der Waals surface area contributed by atoms with Crippen molar-refractivity contribution in [3.05, 3.63) is 70.9 Å². The zero-order chi connectivity index (χ0) is 14.8. The normalized spacial score (nSPS) is 10.5. The van der Waals surface area contributed by atoms with Gasteiger partial charge in [0.2, 0.25) is 0 Å². The van der Waals surface area contributed by atoms with Crippen molar-refractivity contribution in [2.45, 2.75) is 0 Å². The van der Waals surface area contributed by atoms with Crippen LogP contribution in [0, 0.1) is 10.1 Å². The number of anilines is 1. The summed E-state index contributed by atoms with van der Waals surface area (Å²) in [5.41, 5.74) is 1.31. The molecule has 0 spiro atoms. The Balaban J connectivity index is 1.94. The van der Waals surface area contributed by atoms with Crippen LogP contribution < -0.4 is 5.32 Å². The summed E-state index contributed by atoms with van der Waals surface area (Å²) in [6, 6.07) is 14.8. The molecule has 6 heteroatoms. The Bertz CT molecular complexity index is 825. The Kier molecular flexibility index (Phi) is 3.12. The second kappa shape index (κ2) is 5.09. The molecule has 3 rings (SSSR count). The number of carbonyl (C=O) groups is 1. The van der Waals surface area contributed by atoms with Crippen LogP contribution in [0.3, 0.4) is 0 Å². The third-order valence-electron chi connectivity index (χ3n) is 3.13. The average Bonchev–Trinajstić information content (AvgIpc) is 2.91. The smallest absolute Gasteiger partial charge is 0.307 e. The monoisotopic (exact) mass is 281 g/mol. The second-order valence-corrected chi connectivity index (χ2v) is 4.48. The van der Waals surface area contributed by atoms with Crippen molar-refractivity contribution in [3.63, 3.8) is 0 Å². The molecule has 0 fully saturated rings. The molecule has 0 aliphatic heterocycles. The van der Waals surface area contributed by atoms with Crippen molar-refractivity contribution in [1.29, 1.82) is 0 Å². The van der Waals surface area contributed by atoms with Gasteiger partial charge in [-0.1, -0.05) is 18.2 Å². The van der Waals surface area contributed by atoms with Crippen molar-refractivity contribution in [2.24, 2.45) is 0 Å². The van der Waals surface area contributed by atoms with Crippen LogP contribution in [0.4, 0.5) is 16.2 Å². The Morgan fingerprint density at radius 3 is 2.57 bits per heavy atom. The Labute approximate surface area is 119 Å². The van der Waals surface area contributed by atoms with Gasteiger partial charge in [-0.15, -0.1) is 0 Å². The lowest BCUT2D eigenvalue weighted by Crippen LogP contribution is -2.18. The summed E-state index contributed by atoms with van der Waals surface area (Å²) in [4.78, 5) is 22.5. The zero-order valence-corrected chi connectivity index (χ0v) is 10.9. The summed E-state index contributed by atoms with van der Waals surface area (Å²) < 4.78 is 1.42. The number of hydrogen-bond acceptors (Lipinski definition) is 3. The molecule has 0 atom stereocenters. The molecule has 0 saturated carbocycles. The van der Waals surface area contributed by atoms with Gasteiger partial charge in [0.1, 0.15) is 0 Å². The molecule has 1 heterocycles. The number of non-ortho nitro benzene ring substituents is 1. The maximum Gasteiger partial charge on any atom is 0.330 e. The van der Waals surface area contributed by atoms with Gasteiger partial charge in [-0.25, -0.2) is 4.79 Å². The maximum absolute atomic E-state index is 12.2. The van der Waals surface area contributed by atoms with E-state index in [-0.39, 0.29) is 11.7 Å². The van der Waals surface area contributed by atoms with E-state index < -0.39 is 4.92 Å². The molecule has 2 aromatic carbocycles. The molecule has 0 aliphatic carbocycles. The van der Waals surface area contributed by atoms with Crippen molar-refractivity contribution in [3.8, 4) is 0 Å². The molecule has 1 aromatic heterocycles. The summed E-state index contributed by atoms with van der Waals surface area (Å²) in [6.45, 7) is 0. The number of benzene rings is 2. The number of nitro benzene ring substituents is 1. The molecule has 0 aliphatic rings. The van der Waals surface area contributed by atoms with Crippen molar-refractivity contribution < 1.29 is 9.72 Å². The molecule has 6 nitrogen and oxygen atoms in total. The fourth-order valence-electron chi connectivity index (χ4n) is 2.13. The molecule has 0 unspecified atom stereocenters. The molecule has 1 N–H and O–H groups in total. The Morgan fingerprint density at radius 1 is 1.10 bits per heavy atom. The number of nitrogens with zero attached hydrogens (tertiary/aromatic N) is 2. The van der Waals surface area contributed by atoms with Crippen LogP contribution >= 0.6 is 0 Å². The fraction of sp³-hybridized carbons (Fsp3) is 0. The van der Waals surface area contributed by atoms with Crippen LogP contribution in [0.2, 0.25) is 0 Å². The molecular weight excluding hydrogens is 270 g/mol. The number of aromatic nitrogens is 1. The summed E-state index contributed by atoms with van der Waals surface area (Å²) in [5, 5.41) is 14.2. The number of hydrogen-bond donors (Lipinski definition) is 1. The molecule has 1 amide bonds. The number of fused-ring (bicyclic) bond motifs is 1. The first-order valence-electron chi connectivity index (χ1n) is 6.27. The third-order valence-corrected chi connectivity index (χ3v) is 3.13. The second-order valence-electron chi connectivity index (χ2n) is 4.48. The number of nitrogens with one attached hydrogen (secondary N) is 1. The SMILES string of the molecule is O=C(Nc1ccccc1)n1ccc2cc([N+](=O)[O-])ccc21. The molecule has 21 heavy (non-hydrogen) atoms. The number of para-hydroxylation sites is 1. The molecular formula is C15H11N3O3. The highest BCUT2D eigenvalue weighted by Gasteiger charge is 2.12. The van der Waals surface area contributed by atoms with Crippen LogP contribution in [-0.2, 0) is 0 Å². The number of carbonyl (C=O) groups excluding carboxylic acids is 1. The van der Waals surface area contributed by atoms with Crippen LogP contribution in [0.5, 0.6) is 0 Å². The molecule has 104 valence electrons. The minimum atomic E-state index is -0.458. The highest BCUT2D eigenvalue weighted by molar-refractivity contribution is 5.98. The van der Waals surface area contributed by atoms with Gasteiger partial charge in [0.15, 0.2) is 0 Å². The van der Waals surface area contributed by atoms with E-state index in [4.69, 9.17) is 0 Å². The van der Waals surface area contributed by atoms with Crippen molar-refractivity contribution in [2.75, 3.05) is 5.32 Å². The predicted molar refractivity (Wildman–Crippen MR) is 79.5 cm³/mol. The van der Waals surface area contributed by atoms with Crippen LogP contribution in [0.25, 0.3) is 10.9 Å². The summed E-state index contributed by atoms with van der Waals surface area (Å²) >= 11 is 0. The third kappa shape index (κ3) is 2.46. The van der Waals surface area contributed by atoms with Gasteiger partial charge in [-0.05, 0) is 24.3 Å². The first kappa shape index (κ1) is 12.9. The topological polar surface area (TPSA) is 77.2 Å². The fourth-order valence-corrected chi connectivity index (χ4v) is 2.13. The van der Waals surface area contributed by atoms with Gasteiger partial charge < -0.3 is 5.32 Å². The van der Waals surface area contributed by atoms with Crippen LogP contribution in [0.1, 0.15) is 0 Å². The van der Waals surface area contributed by atoms with Gasteiger partial charge in [0, 0.05) is 29.4 Å². The van der Waals surface area contributed by atoms with E-state index in [9.17, 15) is 14.9 Å². The van der Waals surface area contributed by atoms with E-state index in [0.717, 1.165) is 0 Å². The number of rotatable bonds is 2. The van der Waals surface area contributed by atoms with E-state index in [1.54, 1.807) is 30.5 Å². The first-order chi connectivity index (χ1) is 10.1. The Morgan fingerprint density at radius 2 is 1.86 bits per heavy atom. The largest absolute Gasteiger partial charge is 0.330 e. The van der Waals surface area contributed by atoms with Crippen molar-refractivity contribution >= 4 is 28.3 Å². The van der Waals surface area contributed by atoms with Gasteiger partial charge in [-0.2, -0.15) is 0 Å². The minimum Gasteiger partial charge on any atom is -0.307 e. The molecule has 0 bridgehead atoms. The molecule has 0 saturated heterocycles. The van der Waals surface area contributed by atoms with Gasteiger partial charge in [0.05, 0.1) is 10.4 Å². The number of nitro groups is 1. The van der Waals surface area contributed by atoms with E-state index in [0.29, 0.717) is 16.6 Å². The molecule has 3 aromatic rings. The van der Waals surface area contributed by atoms with Gasteiger partial charge in [-0.3, -0.25) is 14.7 Å². The lowest BCUT2D eigenvalue weighted by atomic mass is 10.2. The first-order valence-corrected chi connectivity index (χ1v) is 6.27. The molecule has 0 radical (unpaired) electrons. The number of amides is 1. The summed E-state index contributed by atoms with van der Waals surface area (Å²) in [6.07, 6.45) is 1.59. The highest BCUT2D eigenvalue weighted by Crippen LogP contribution is 2.22. The summed E-state index contributed by atoms with van der Waals surface area (Å²) in [5.74, 6) is 0. The predicted octanol–water partition coefficient (Wildman–Crippen LogP) is 3.63. The lowest BCUT2D eigenvalue weighted by Gasteiger charge is -2.06. The lowest BCUT2D eigenvalue weighted by molar-refractivity contribution is -0.384. The Hall–Kier alpha value is -3.15. The highest BCUT2D eigenvalue weighted by atomic mass is 16.6. The van der Waals surface area contributed by atoms with Gasteiger partial charge in [0.25, 0.3) is 5.69 Å². The zero-order valence-electron chi connectivity index (χ0n) is 10.9. The minimum absolute atomic E-state index is 0.00344. The van der Waals surface area contributed by atoms with E-state index >= 15 is 0 Å². The average molecular weight is 281 g/mol. The van der Waals surface area contributed by atoms with Crippen molar-refractivity contribution in [1.82, 2.24) is 4.57 Å². The standard InChI is InChI=1S/C15H11N3O3/c19-15(16-12-4-2-1-3-5-12)17-9-8-11-10-13(18(20)21)6-7-14(11)17/h1-10H,(H,16,19).